The molecule has 0 aliphatic rings. The number of nitrogens with two attached hydrogens (primary N) is 1. The Bertz CT molecular complexity index is 1480. The van der Waals surface area contributed by atoms with E-state index in [0.29, 0.717) is 41.0 Å². The number of carbonyl (C=O) groups is 1. The quantitative estimate of drug-likeness (QED) is 0.383. The zero-order chi connectivity index (χ0) is 23.7. The summed E-state index contributed by atoms with van der Waals surface area (Å²) in [4.78, 5) is 22.9. The van der Waals surface area contributed by atoms with Gasteiger partial charge in [-0.2, -0.15) is 0 Å². The number of rotatable bonds is 6. The summed E-state index contributed by atoms with van der Waals surface area (Å²) in [6, 6.07) is 23.6. The van der Waals surface area contributed by atoms with Gasteiger partial charge in [-0.1, -0.05) is 54.6 Å². The average Bonchev–Trinajstić information content (AvgIpc) is 3.14. The fourth-order valence-corrected chi connectivity index (χ4v) is 4.24. The topological polar surface area (TPSA) is 85.8 Å². The summed E-state index contributed by atoms with van der Waals surface area (Å²) >= 11 is 0. The van der Waals surface area contributed by atoms with Crippen LogP contribution in [0.2, 0.25) is 0 Å². The van der Waals surface area contributed by atoms with Crippen LogP contribution >= 0.6 is 0 Å². The van der Waals surface area contributed by atoms with Gasteiger partial charge in [0.15, 0.2) is 5.65 Å². The van der Waals surface area contributed by atoms with Crippen LogP contribution in [0, 0.1) is 5.82 Å². The largest absolute Gasteiger partial charge is 0.384 e. The van der Waals surface area contributed by atoms with Crippen molar-refractivity contribution in [1.82, 2.24) is 19.9 Å². The van der Waals surface area contributed by atoms with E-state index in [2.05, 4.69) is 5.32 Å². The lowest BCUT2D eigenvalue weighted by molar-refractivity contribution is 0.0956. The molecule has 0 aliphatic heterocycles. The monoisotopic (exact) mass is 453 g/mol. The van der Waals surface area contributed by atoms with Crippen molar-refractivity contribution < 1.29 is 9.18 Å². The van der Waals surface area contributed by atoms with Crippen LogP contribution in [0.4, 0.5) is 10.2 Å². The molecule has 5 rings (SSSR count). The predicted octanol–water partition coefficient (Wildman–Crippen LogP) is 4.89. The van der Waals surface area contributed by atoms with Crippen LogP contribution < -0.4 is 11.1 Å². The Hall–Kier alpha value is -4.26. The molecule has 170 valence electrons. The molecule has 34 heavy (non-hydrogen) atoms. The first-order valence-electron chi connectivity index (χ1n) is 11.2. The molecule has 0 radical (unpaired) electrons. The Morgan fingerprint density at radius 1 is 0.971 bits per heavy atom. The van der Waals surface area contributed by atoms with Gasteiger partial charge in [0.25, 0.3) is 5.91 Å². The number of nitrogens with zero attached hydrogens (tertiary/aromatic N) is 3. The SMILES string of the molecule is C[C@H](c1ccccc1)n1c(N)c(C(=O)NCCc2ccc(F)cc2)c2nc3ccccc3nc21. The van der Waals surface area contributed by atoms with Gasteiger partial charge in [0, 0.05) is 6.54 Å². The van der Waals surface area contributed by atoms with E-state index >= 15 is 0 Å². The molecular weight excluding hydrogens is 429 g/mol. The van der Waals surface area contributed by atoms with Crippen molar-refractivity contribution in [1.29, 1.82) is 0 Å². The molecule has 3 aromatic carbocycles. The number of carbonyl (C=O) groups excluding carboxylic acids is 1. The van der Waals surface area contributed by atoms with E-state index in [4.69, 9.17) is 15.7 Å². The first kappa shape index (κ1) is 21.6. The lowest BCUT2D eigenvalue weighted by Crippen LogP contribution is -2.26. The van der Waals surface area contributed by atoms with Gasteiger partial charge in [-0.3, -0.25) is 4.79 Å². The lowest BCUT2D eigenvalue weighted by atomic mass is 10.1. The molecular formula is C27H24FN5O. The molecule has 1 amide bonds. The zero-order valence-electron chi connectivity index (χ0n) is 18.7. The molecule has 0 saturated heterocycles. The second-order valence-electron chi connectivity index (χ2n) is 8.23. The molecule has 6 nitrogen and oxygen atoms in total. The minimum absolute atomic E-state index is 0.153. The molecule has 0 unspecified atom stereocenters. The van der Waals surface area contributed by atoms with E-state index in [0.717, 1.165) is 16.6 Å². The average molecular weight is 454 g/mol. The van der Waals surface area contributed by atoms with Crippen LogP contribution in [0.5, 0.6) is 0 Å². The predicted molar refractivity (Wildman–Crippen MR) is 132 cm³/mol. The van der Waals surface area contributed by atoms with Gasteiger partial charge < -0.3 is 15.6 Å². The van der Waals surface area contributed by atoms with Gasteiger partial charge in [0.1, 0.15) is 22.7 Å². The highest BCUT2D eigenvalue weighted by molar-refractivity contribution is 6.10. The summed E-state index contributed by atoms with van der Waals surface area (Å²) in [6.45, 7) is 2.41. The molecule has 0 aliphatic carbocycles. The van der Waals surface area contributed by atoms with Crippen molar-refractivity contribution in [3.05, 3.63) is 101 Å². The number of hydrogen-bond donors (Lipinski definition) is 2. The van der Waals surface area contributed by atoms with E-state index in [1.807, 2.05) is 66.1 Å². The maximum atomic E-state index is 13.3. The number of benzene rings is 3. The third kappa shape index (κ3) is 3.96. The van der Waals surface area contributed by atoms with Gasteiger partial charge in [-0.05, 0) is 48.7 Å². The van der Waals surface area contributed by atoms with Crippen molar-refractivity contribution in [3.8, 4) is 0 Å². The van der Waals surface area contributed by atoms with Crippen molar-refractivity contribution in [2.75, 3.05) is 12.3 Å². The second kappa shape index (κ2) is 8.94. The molecule has 0 fully saturated rings. The summed E-state index contributed by atoms with van der Waals surface area (Å²) in [5, 5.41) is 2.94. The van der Waals surface area contributed by atoms with Crippen LogP contribution in [-0.2, 0) is 6.42 Å². The summed E-state index contributed by atoms with van der Waals surface area (Å²) in [5.74, 6) is -0.277. The number of para-hydroxylation sites is 2. The highest BCUT2D eigenvalue weighted by Crippen LogP contribution is 2.33. The molecule has 7 heteroatoms. The van der Waals surface area contributed by atoms with Crippen molar-refractivity contribution in [2.24, 2.45) is 0 Å². The van der Waals surface area contributed by atoms with Crippen LogP contribution in [0.15, 0.2) is 78.9 Å². The fraction of sp³-hybridized carbons (Fsp3) is 0.148. The molecule has 5 aromatic rings. The van der Waals surface area contributed by atoms with Crippen molar-refractivity contribution >= 4 is 33.9 Å². The van der Waals surface area contributed by atoms with Gasteiger partial charge in [0.2, 0.25) is 0 Å². The lowest BCUT2D eigenvalue weighted by Gasteiger charge is -2.17. The van der Waals surface area contributed by atoms with Crippen LogP contribution in [0.3, 0.4) is 0 Å². The highest BCUT2D eigenvalue weighted by Gasteiger charge is 2.26. The number of halogens is 1. The minimum Gasteiger partial charge on any atom is -0.384 e. The summed E-state index contributed by atoms with van der Waals surface area (Å²) < 4.78 is 15.0. The fourth-order valence-electron chi connectivity index (χ4n) is 4.24. The van der Waals surface area contributed by atoms with E-state index in [-0.39, 0.29) is 17.8 Å². The molecule has 2 heterocycles. The number of nitrogen functional groups attached to an aromatic ring is 1. The Morgan fingerprint density at radius 2 is 1.62 bits per heavy atom. The standard InChI is InChI=1S/C27H24FN5O/c1-17(19-7-3-2-4-8-19)33-25(29)23(24-26(33)32-22-10-6-5-9-21(22)31-24)27(34)30-16-15-18-11-13-20(28)14-12-18/h2-14,17H,15-16,29H2,1H3,(H,30,34)/t17-/m1/s1. The first-order valence-corrected chi connectivity index (χ1v) is 11.2. The highest BCUT2D eigenvalue weighted by atomic mass is 19.1. The second-order valence-corrected chi connectivity index (χ2v) is 8.23. The Labute approximate surface area is 196 Å². The van der Waals surface area contributed by atoms with Gasteiger partial charge >= 0.3 is 0 Å². The first-order chi connectivity index (χ1) is 16.5. The molecule has 0 bridgehead atoms. The third-order valence-corrected chi connectivity index (χ3v) is 6.04. The van der Waals surface area contributed by atoms with Crippen molar-refractivity contribution in [2.45, 2.75) is 19.4 Å². The number of amides is 1. The van der Waals surface area contributed by atoms with Gasteiger partial charge in [-0.15, -0.1) is 0 Å². The molecule has 1 atom stereocenters. The van der Waals surface area contributed by atoms with Crippen LogP contribution in [-0.4, -0.2) is 27.0 Å². The Morgan fingerprint density at radius 3 is 2.32 bits per heavy atom. The maximum absolute atomic E-state index is 13.3. The van der Waals surface area contributed by atoms with Crippen LogP contribution in [0.25, 0.3) is 22.2 Å². The smallest absolute Gasteiger partial charge is 0.257 e. The van der Waals surface area contributed by atoms with Crippen LogP contribution in [0.1, 0.15) is 34.5 Å². The normalized spacial score (nSPS) is 12.2. The summed E-state index contributed by atoms with van der Waals surface area (Å²) in [7, 11) is 0. The minimum atomic E-state index is -0.312. The summed E-state index contributed by atoms with van der Waals surface area (Å²) in [6.07, 6.45) is 0.569. The number of aromatic nitrogens is 3. The number of anilines is 1. The molecule has 0 saturated carbocycles. The number of fused-ring (bicyclic) bond motifs is 2. The number of hydrogen-bond acceptors (Lipinski definition) is 4. The zero-order valence-corrected chi connectivity index (χ0v) is 18.7. The number of nitrogens with one attached hydrogen (secondary N) is 1. The van der Waals surface area contributed by atoms with E-state index in [9.17, 15) is 9.18 Å². The van der Waals surface area contributed by atoms with Gasteiger partial charge in [-0.25, -0.2) is 14.4 Å². The van der Waals surface area contributed by atoms with E-state index < -0.39 is 0 Å². The maximum Gasteiger partial charge on any atom is 0.257 e. The van der Waals surface area contributed by atoms with E-state index in [1.54, 1.807) is 12.1 Å². The Kier molecular flexibility index (Phi) is 5.67. The van der Waals surface area contributed by atoms with E-state index in [1.165, 1.54) is 12.1 Å². The molecule has 0 spiro atoms. The molecule has 3 N–H and O–H groups in total. The molecule has 2 aromatic heterocycles. The summed E-state index contributed by atoms with van der Waals surface area (Å²) in [5.41, 5.74) is 11.4. The third-order valence-electron chi connectivity index (χ3n) is 6.04. The van der Waals surface area contributed by atoms with Crippen molar-refractivity contribution in [3.63, 3.8) is 0 Å². The van der Waals surface area contributed by atoms with Gasteiger partial charge in [0.05, 0.1) is 17.1 Å². The Balaban J connectivity index is 1.55.